The number of nitrogens with zero attached hydrogens (tertiary/aromatic N) is 2. The van der Waals surface area contributed by atoms with Gasteiger partial charge in [0.25, 0.3) is 5.91 Å². The first-order chi connectivity index (χ1) is 15.3. The van der Waals surface area contributed by atoms with Crippen molar-refractivity contribution in [2.45, 2.75) is 18.2 Å². The molecular formula is C24H22F2N2O3S. The number of hydrogen-bond acceptors (Lipinski definition) is 4. The second kappa shape index (κ2) is 9.26. The molecule has 1 N–H and O–H groups in total. The van der Waals surface area contributed by atoms with E-state index in [0.717, 1.165) is 0 Å². The summed E-state index contributed by atoms with van der Waals surface area (Å²) in [5, 5.41) is 10.4. The van der Waals surface area contributed by atoms with Crippen LogP contribution in [0.25, 0.3) is 10.8 Å². The minimum atomic E-state index is -0.994. The largest absolute Gasteiger partial charge is 0.481 e. The van der Waals surface area contributed by atoms with Gasteiger partial charge in [0.05, 0.1) is 16.9 Å². The molecule has 1 aliphatic heterocycles. The van der Waals surface area contributed by atoms with Crippen LogP contribution in [0.5, 0.6) is 0 Å². The molecule has 0 aliphatic carbocycles. The minimum absolute atomic E-state index is 0.216. The predicted molar refractivity (Wildman–Crippen MR) is 120 cm³/mol. The van der Waals surface area contributed by atoms with Gasteiger partial charge in [0.2, 0.25) is 0 Å². The van der Waals surface area contributed by atoms with Crippen LogP contribution in [0.3, 0.4) is 0 Å². The van der Waals surface area contributed by atoms with Gasteiger partial charge in [-0.05, 0) is 65.0 Å². The molecule has 166 valence electrons. The zero-order valence-electron chi connectivity index (χ0n) is 17.5. The number of carbonyl (C=O) groups excluding carboxylic acids is 1. The summed E-state index contributed by atoms with van der Waals surface area (Å²) < 4.78 is 29.9. The smallest absolute Gasteiger partial charge is 0.307 e. The molecule has 1 saturated heterocycles. The maximum atomic E-state index is 14.0. The highest BCUT2D eigenvalue weighted by molar-refractivity contribution is 7.97. The molecule has 1 amide bonds. The first-order valence-corrected chi connectivity index (χ1v) is 11.0. The zero-order chi connectivity index (χ0) is 22.8. The Morgan fingerprint density at radius 2 is 1.75 bits per heavy atom. The molecule has 1 aliphatic rings. The van der Waals surface area contributed by atoms with Gasteiger partial charge in [0, 0.05) is 26.2 Å². The van der Waals surface area contributed by atoms with Gasteiger partial charge in [-0.1, -0.05) is 24.3 Å². The second-order valence-electron chi connectivity index (χ2n) is 7.71. The normalized spacial score (nSPS) is 14.7. The van der Waals surface area contributed by atoms with Crippen molar-refractivity contribution < 1.29 is 23.5 Å². The van der Waals surface area contributed by atoms with E-state index >= 15 is 0 Å². The molecule has 0 aromatic heterocycles. The number of rotatable bonds is 5. The summed E-state index contributed by atoms with van der Waals surface area (Å²) in [6.45, 7) is 3.66. The summed E-state index contributed by atoms with van der Waals surface area (Å²) in [5.74, 6) is -1.98. The summed E-state index contributed by atoms with van der Waals surface area (Å²) >= 11 is 1.32. The number of piperazine rings is 1. The molecule has 0 spiro atoms. The molecule has 5 nitrogen and oxygen atoms in total. The fourth-order valence-electron chi connectivity index (χ4n) is 3.95. The van der Waals surface area contributed by atoms with Gasteiger partial charge >= 0.3 is 5.97 Å². The predicted octanol–water partition coefficient (Wildman–Crippen LogP) is 4.52. The second-order valence-corrected chi connectivity index (χ2v) is 8.85. The molecule has 0 bridgehead atoms. The summed E-state index contributed by atoms with van der Waals surface area (Å²) in [6.07, 6.45) is -0.216. The number of hydrogen-bond donors (Lipinski definition) is 1. The first-order valence-electron chi connectivity index (χ1n) is 10.2. The third kappa shape index (κ3) is 4.61. The summed E-state index contributed by atoms with van der Waals surface area (Å²) in [7, 11) is 0. The lowest BCUT2D eigenvalue weighted by Gasteiger charge is -2.34. The average Bonchev–Trinajstić information content (AvgIpc) is 2.76. The zero-order valence-corrected chi connectivity index (χ0v) is 18.3. The van der Waals surface area contributed by atoms with Gasteiger partial charge in [0.15, 0.2) is 0 Å². The summed E-state index contributed by atoms with van der Waals surface area (Å²) in [5.41, 5.74) is 1.43. The molecule has 8 heteroatoms. The van der Waals surface area contributed by atoms with Crippen molar-refractivity contribution >= 4 is 34.6 Å². The van der Waals surface area contributed by atoms with Gasteiger partial charge in [-0.15, -0.1) is 0 Å². The van der Waals surface area contributed by atoms with E-state index in [2.05, 4.69) is 0 Å². The summed E-state index contributed by atoms with van der Waals surface area (Å²) in [6, 6.07) is 12.5. The van der Waals surface area contributed by atoms with Crippen LogP contribution in [0.15, 0.2) is 53.4 Å². The van der Waals surface area contributed by atoms with E-state index in [1.165, 1.54) is 30.1 Å². The Morgan fingerprint density at radius 3 is 2.44 bits per heavy atom. The van der Waals surface area contributed by atoms with E-state index < -0.39 is 11.8 Å². The molecule has 3 aromatic carbocycles. The van der Waals surface area contributed by atoms with Crippen LogP contribution >= 0.6 is 11.9 Å². The molecule has 0 saturated carbocycles. The van der Waals surface area contributed by atoms with Gasteiger partial charge in [-0.3, -0.25) is 9.59 Å². The van der Waals surface area contributed by atoms with Crippen LogP contribution in [-0.2, 0) is 11.2 Å². The number of carboxylic acids is 1. The van der Waals surface area contributed by atoms with E-state index in [-0.39, 0.29) is 18.1 Å². The minimum Gasteiger partial charge on any atom is -0.481 e. The lowest BCUT2D eigenvalue weighted by Crippen LogP contribution is -2.46. The Hall–Kier alpha value is -2.97. The van der Waals surface area contributed by atoms with Gasteiger partial charge < -0.3 is 10.0 Å². The Labute approximate surface area is 188 Å². The summed E-state index contributed by atoms with van der Waals surface area (Å²) in [4.78, 5) is 27.0. The Bertz CT molecular complexity index is 1190. The van der Waals surface area contributed by atoms with E-state index in [1.807, 2.05) is 4.31 Å². The van der Waals surface area contributed by atoms with Crippen molar-refractivity contribution in [3.05, 3.63) is 76.9 Å². The van der Waals surface area contributed by atoms with E-state index in [0.29, 0.717) is 58.5 Å². The molecule has 3 aromatic rings. The Balaban J connectivity index is 1.58. The van der Waals surface area contributed by atoms with Crippen LogP contribution in [-0.4, -0.2) is 52.4 Å². The lowest BCUT2D eigenvalue weighted by molar-refractivity contribution is -0.136. The van der Waals surface area contributed by atoms with E-state index in [4.69, 9.17) is 0 Å². The molecule has 0 atom stereocenters. The fraction of sp³-hybridized carbons (Fsp3) is 0.250. The average molecular weight is 457 g/mol. The number of aliphatic carboxylic acids is 1. The highest BCUT2D eigenvalue weighted by Crippen LogP contribution is 2.30. The maximum absolute atomic E-state index is 14.0. The van der Waals surface area contributed by atoms with Crippen LogP contribution in [0, 0.1) is 18.6 Å². The highest BCUT2D eigenvalue weighted by Gasteiger charge is 2.27. The number of carbonyl (C=O) groups is 2. The number of amides is 1. The number of carboxylic acid groups (broad SMARTS) is 1. The molecular weight excluding hydrogens is 434 g/mol. The molecule has 32 heavy (non-hydrogen) atoms. The van der Waals surface area contributed by atoms with Gasteiger partial charge in [-0.2, -0.15) is 0 Å². The van der Waals surface area contributed by atoms with E-state index in [1.54, 1.807) is 42.2 Å². The van der Waals surface area contributed by atoms with E-state index in [9.17, 15) is 23.5 Å². The van der Waals surface area contributed by atoms with Crippen molar-refractivity contribution in [1.29, 1.82) is 0 Å². The van der Waals surface area contributed by atoms with Crippen molar-refractivity contribution in [1.82, 2.24) is 9.21 Å². The van der Waals surface area contributed by atoms with Crippen LogP contribution in [0.1, 0.15) is 21.5 Å². The fourth-order valence-corrected chi connectivity index (χ4v) is 4.87. The van der Waals surface area contributed by atoms with Crippen molar-refractivity contribution in [3.8, 4) is 0 Å². The molecule has 4 rings (SSSR count). The number of benzene rings is 3. The molecule has 0 unspecified atom stereocenters. The van der Waals surface area contributed by atoms with Crippen molar-refractivity contribution in [2.24, 2.45) is 0 Å². The quantitative estimate of drug-likeness (QED) is 0.572. The topological polar surface area (TPSA) is 60.9 Å². The maximum Gasteiger partial charge on any atom is 0.307 e. The van der Waals surface area contributed by atoms with Crippen LogP contribution < -0.4 is 0 Å². The highest BCUT2D eigenvalue weighted by atomic mass is 32.2. The molecule has 1 fully saturated rings. The van der Waals surface area contributed by atoms with Crippen molar-refractivity contribution in [2.75, 3.05) is 26.2 Å². The number of fused-ring (bicyclic) bond motifs is 1. The molecule has 0 radical (unpaired) electrons. The number of halogens is 2. The Morgan fingerprint density at radius 1 is 1.03 bits per heavy atom. The SMILES string of the molecule is Cc1c(CC(=O)O)cc2ccc(F)cc2c1C(=O)N1CCN(Sc2ccccc2F)CC1. The Kier molecular flexibility index (Phi) is 6.43. The van der Waals surface area contributed by atoms with Crippen molar-refractivity contribution in [3.63, 3.8) is 0 Å². The molecule has 1 heterocycles. The lowest BCUT2D eigenvalue weighted by atomic mass is 9.92. The first kappa shape index (κ1) is 22.2. The third-order valence-corrected chi connectivity index (χ3v) is 6.77. The third-order valence-electron chi connectivity index (χ3n) is 5.62. The van der Waals surface area contributed by atoms with Gasteiger partial charge in [0.1, 0.15) is 11.6 Å². The monoisotopic (exact) mass is 456 g/mol. The van der Waals surface area contributed by atoms with Crippen LogP contribution in [0.4, 0.5) is 8.78 Å². The van der Waals surface area contributed by atoms with Gasteiger partial charge in [-0.25, -0.2) is 13.1 Å². The standard InChI is InChI=1S/C24H22F2N2O3S/c1-15-17(13-22(29)30)12-16-6-7-18(25)14-19(16)23(15)24(31)27-8-10-28(11-9-27)32-21-5-3-2-4-20(21)26/h2-7,12,14H,8-11,13H2,1H3,(H,29,30). The van der Waals surface area contributed by atoms with Crippen LogP contribution in [0.2, 0.25) is 0 Å².